The zero-order chi connectivity index (χ0) is 52.0. The molecule has 0 aromatic carbocycles. The van der Waals surface area contributed by atoms with Crippen LogP contribution in [-0.2, 0) is 39.0 Å². The van der Waals surface area contributed by atoms with Gasteiger partial charge in [-0.2, -0.15) is 0 Å². The van der Waals surface area contributed by atoms with E-state index in [-0.39, 0.29) is 0 Å². The van der Waals surface area contributed by atoms with E-state index in [1.165, 1.54) is 0 Å². The first-order valence-corrected chi connectivity index (χ1v) is 23.4. The molecule has 0 saturated heterocycles. The van der Waals surface area contributed by atoms with Crippen molar-refractivity contribution in [3.8, 4) is 0 Å². The SMILES string of the molecule is O=C([O][Sb]([O]C(=O)[C@H](O)[C@@H](O)[C@H](O)[C@H](O)CO)([O]C(=O)[C@H](O)[C@@H](O)[C@H](O)[C@H](O)CO)([O]C(=O)[C@H](O)[C@@H](O)[C@H](O)[C@H](O)CO)[O]C(=O)[C@H](O)[C@@H](O)[C@H](O)[C@H](O)CO)[C@H](O)[C@@H](O)[C@H](O)[C@H](O)CO. The Balaban J connectivity index is 8.88. The molecule has 0 aromatic heterocycles. The maximum absolute atomic E-state index is 13.7. The van der Waals surface area contributed by atoms with Crippen LogP contribution < -0.4 is 0 Å². The van der Waals surface area contributed by atoms with Crippen molar-refractivity contribution in [1.82, 2.24) is 0 Å². The number of rotatable bonds is 30. The summed E-state index contributed by atoms with van der Waals surface area (Å²) < 4.78 is 22.7. The fourth-order valence-electron chi connectivity index (χ4n) is 4.50. The van der Waals surface area contributed by atoms with Gasteiger partial charge < -0.3 is 0 Å². The summed E-state index contributed by atoms with van der Waals surface area (Å²) in [6, 6.07) is 0. The summed E-state index contributed by atoms with van der Waals surface area (Å²) in [7, 11) is 0. The van der Waals surface area contributed by atoms with Gasteiger partial charge in [0.15, 0.2) is 0 Å². The Kier molecular flexibility index (Phi) is 26.2. The minimum absolute atomic E-state index is 1.52. The topological polar surface area (TPSA) is 637 Å². The van der Waals surface area contributed by atoms with E-state index in [9.17, 15) is 126 Å². The van der Waals surface area contributed by atoms with Gasteiger partial charge in [-0.15, -0.1) is 0 Å². The predicted octanol–water partition coefficient (Wildman–Crippen LogP) is -18.2. The molecule has 20 atom stereocenters. The van der Waals surface area contributed by atoms with E-state index in [0.29, 0.717) is 0 Å². The van der Waals surface area contributed by atoms with Crippen LogP contribution in [0.3, 0.4) is 0 Å². The van der Waals surface area contributed by atoms with Gasteiger partial charge in [0.25, 0.3) is 0 Å². The third-order valence-corrected chi connectivity index (χ3v) is 15.5. The molecule has 25 N–H and O–H groups in total. The zero-order valence-electron chi connectivity index (χ0n) is 33.3. The van der Waals surface area contributed by atoms with Crippen molar-refractivity contribution in [2.75, 3.05) is 33.0 Å². The average Bonchev–Trinajstić information content (AvgIpc) is 3.30. The van der Waals surface area contributed by atoms with Gasteiger partial charge in [-0.3, -0.25) is 0 Å². The normalized spacial score (nSPS) is 22.0. The summed E-state index contributed by atoms with van der Waals surface area (Å²) in [4.78, 5) is 68.3. The number of carbonyl (C=O) groups is 5. The van der Waals surface area contributed by atoms with E-state index in [4.69, 9.17) is 25.5 Å². The molecule has 0 bridgehead atoms. The molecule has 36 heteroatoms. The maximum atomic E-state index is 13.7. The van der Waals surface area contributed by atoms with E-state index in [2.05, 4.69) is 15.1 Å². The van der Waals surface area contributed by atoms with Crippen molar-refractivity contribution in [2.24, 2.45) is 0 Å². The molecule has 0 aliphatic heterocycles. The molecule has 0 fully saturated rings. The Bertz CT molecular complexity index is 1280. The van der Waals surface area contributed by atoms with Crippen molar-refractivity contribution in [2.45, 2.75) is 122 Å². The fraction of sp³-hybridized carbons (Fsp3) is 0.833. The van der Waals surface area contributed by atoms with Gasteiger partial charge in [0.2, 0.25) is 0 Å². The molecule has 0 aromatic rings. The molecule has 0 radical (unpaired) electrons. The molecule has 0 saturated carbocycles. The van der Waals surface area contributed by atoms with E-state index in [1.54, 1.807) is 0 Å². The van der Waals surface area contributed by atoms with Crippen LogP contribution in [0.25, 0.3) is 0 Å². The van der Waals surface area contributed by atoms with Crippen LogP contribution in [-0.4, -0.2) is 332 Å². The number of carbonyl (C=O) groups excluding carboxylic acids is 5. The third kappa shape index (κ3) is 16.1. The van der Waals surface area contributed by atoms with Gasteiger partial charge in [-0.1, -0.05) is 0 Å². The third-order valence-electron chi connectivity index (χ3n) is 8.68. The van der Waals surface area contributed by atoms with Gasteiger partial charge in [0.05, 0.1) is 0 Å². The van der Waals surface area contributed by atoms with Crippen LogP contribution >= 0.6 is 0 Å². The van der Waals surface area contributed by atoms with Gasteiger partial charge in [0.1, 0.15) is 0 Å². The molecule has 66 heavy (non-hydrogen) atoms. The molecule has 0 aliphatic rings. The first-order valence-electron chi connectivity index (χ1n) is 18.2. The summed E-state index contributed by atoms with van der Waals surface area (Å²) >= 11 is -10.5. The summed E-state index contributed by atoms with van der Waals surface area (Å²) in [6.45, 7) is -7.59. The van der Waals surface area contributed by atoms with Crippen molar-refractivity contribution in [1.29, 1.82) is 0 Å². The molecule has 0 unspecified atom stereocenters. The Morgan fingerprint density at radius 3 is 0.485 bits per heavy atom. The second kappa shape index (κ2) is 27.4. The van der Waals surface area contributed by atoms with E-state index < -0.39 is 204 Å². The molecule has 390 valence electrons. The number of aliphatic hydroxyl groups is 25. The summed E-state index contributed by atoms with van der Waals surface area (Å²) in [6.07, 6.45) is -62.4. The summed E-state index contributed by atoms with van der Waals surface area (Å²) in [5.74, 6) is -15.3. The molecular weight excluding hydrogens is 1040 g/mol. The average molecular weight is 1100 g/mol. The Labute approximate surface area is 370 Å². The Hall–Kier alpha value is -2.83. The Morgan fingerprint density at radius 1 is 0.258 bits per heavy atom. The Morgan fingerprint density at radius 2 is 0.379 bits per heavy atom. The summed E-state index contributed by atoms with van der Waals surface area (Å²) in [5, 5.41) is 250. The van der Waals surface area contributed by atoms with Crippen LogP contribution in [0, 0.1) is 0 Å². The second-order valence-electron chi connectivity index (χ2n) is 13.7. The molecule has 0 heterocycles. The van der Waals surface area contributed by atoms with Crippen LogP contribution in [0.4, 0.5) is 0 Å². The van der Waals surface area contributed by atoms with Crippen molar-refractivity contribution in [3.05, 3.63) is 0 Å². The molecule has 0 amide bonds. The van der Waals surface area contributed by atoms with Crippen molar-refractivity contribution < 1.29 is 167 Å². The van der Waals surface area contributed by atoms with Crippen LogP contribution in [0.5, 0.6) is 0 Å². The summed E-state index contributed by atoms with van der Waals surface area (Å²) in [5.41, 5.74) is 0. The van der Waals surface area contributed by atoms with E-state index in [1.807, 2.05) is 0 Å². The van der Waals surface area contributed by atoms with Crippen molar-refractivity contribution in [3.63, 3.8) is 0 Å². The quantitative estimate of drug-likeness (QED) is 0.0297. The van der Waals surface area contributed by atoms with Gasteiger partial charge in [0, 0.05) is 0 Å². The monoisotopic (exact) mass is 1100 g/mol. The first kappa shape index (κ1) is 63.2. The standard InChI is InChI=1S/5C6H12O7.Sb/c5*7-1-2(8)3(9)4(10)5(11)6(12)13;/h5*2-5,7-11H,1H2,(H,12,13);/q;;;;;+5/p-5/t5*2-,3-,4+,5-;/m11111./s1. The van der Waals surface area contributed by atoms with Crippen LogP contribution in [0.1, 0.15) is 0 Å². The van der Waals surface area contributed by atoms with E-state index >= 15 is 0 Å². The number of hydrogen-bond acceptors (Lipinski definition) is 35. The molecule has 0 aliphatic carbocycles. The van der Waals surface area contributed by atoms with Crippen molar-refractivity contribution >= 4 is 49.3 Å². The molecule has 0 rings (SSSR count). The first-order chi connectivity index (χ1) is 30.3. The fourth-order valence-corrected chi connectivity index (χ4v) is 11.3. The van der Waals surface area contributed by atoms with Gasteiger partial charge >= 0.3 is 371 Å². The molecule has 0 spiro atoms. The predicted molar refractivity (Wildman–Crippen MR) is 192 cm³/mol. The number of hydrogen-bond donors (Lipinski definition) is 25. The minimum atomic E-state index is -10.5. The van der Waals surface area contributed by atoms with Crippen LogP contribution in [0.2, 0.25) is 0 Å². The molecule has 35 nitrogen and oxygen atoms in total. The number of aliphatic hydroxyl groups excluding tert-OH is 25. The van der Waals surface area contributed by atoms with E-state index in [0.717, 1.165) is 0 Å². The van der Waals surface area contributed by atoms with Crippen LogP contribution in [0.15, 0.2) is 0 Å². The molecular formula is C30H55O35Sb. The second-order valence-corrected chi connectivity index (χ2v) is 20.5. The zero-order valence-corrected chi connectivity index (χ0v) is 35.8. The van der Waals surface area contributed by atoms with Gasteiger partial charge in [-0.05, 0) is 0 Å². The van der Waals surface area contributed by atoms with Gasteiger partial charge in [-0.25, -0.2) is 0 Å².